The Morgan fingerprint density at radius 2 is 1.78 bits per heavy atom. The fourth-order valence-corrected chi connectivity index (χ4v) is 6.44. The van der Waals surface area contributed by atoms with E-state index in [-0.39, 0.29) is 24.3 Å². The van der Waals surface area contributed by atoms with Crippen LogP contribution in [0.5, 0.6) is 5.75 Å². The highest BCUT2D eigenvalue weighted by atomic mass is 35.5. The number of nitrogens with zero attached hydrogens (tertiary/aromatic N) is 2. The van der Waals surface area contributed by atoms with Crippen molar-refractivity contribution in [3.8, 4) is 5.75 Å². The van der Waals surface area contributed by atoms with Gasteiger partial charge in [0.25, 0.3) is 0 Å². The van der Waals surface area contributed by atoms with Gasteiger partial charge in [0.15, 0.2) is 11.6 Å². The van der Waals surface area contributed by atoms with E-state index in [9.17, 15) is 9.59 Å². The van der Waals surface area contributed by atoms with E-state index in [4.69, 9.17) is 25.8 Å². The van der Waals surface area contributed by atoms with Crippen molar-refractivity contribution in [3.63, 3.8) is 0 Å². The van der Waals surface area contributed by atoms with Crippen molar-refractivity contribution in [1.29, 1.82) is 0 Å². The van der Waals surface area contributed by atoms with E-state index in [1.54, 1.807) is 26.8 Å². The Morgan fingerprint density at radius 3 is 2.37 bits per heavy atom. The summed E-state index contributed by atoms with van der Waals surface area (Å²) in [5, 5.41) is 0.380. The van der Waals surface area contributed by atoms with Crippen molar-refractivity contribution in [2.45, 2.75) is 82.6 Å². The van der Waals surface area contributed by atoms with Gasteiger partial charge in [0, 0.05) is 23.0 Å². The lowest BCUT2D eigenvalue weighted by molar-refractivity contribution is -0.145. The van der Waals surface area contributed by atoms with Crippen molar-refractivity contribution in [2.75, 3.05) is 27.7 Å². The number of halogens is 2. The van der Waals surface area contributed by atoms with Crippen LogP contribution in [-0.4, -0.2) is 67.4 Å². The molecule has 7 nitrogen and oxygen atoms in total. The molecule has 0 radical (unpaired) electrons. The largest absolute Gasteiger partial charge is 0.485 e. The highest BCUT2D eigenvalue weighted by Gasteiger charge is 2.44. The molecule has 1 saturated carbocycles. The highest BCUT2D eigenvalue weighted by Crippen LogP contribution is 2.44. The first-order valence-corrected chi connectivity index (χ1v) is 14.7. The number of rotatable bonds is 7. The van der Waals surface area contributed by atoms with Crippen LogP contribution in [0.15, 0.2) is 42.5 Å². The van der Waals surface area contributed by atoms with Gasteiger partial charge in [0.2, 0.25) is 0 Å². The molecule has 2 aliphatic rings. The van der Waals surface area contributed by atoms with E-state index in [1.165, 1.54) is 23.6 Å². The molecule has 2 fully saturated rings. The molecule has 1 aliphatic carbocycles. The number of benzene rings is 2. The van der Waals surface area contributed by atoms with E-state index in [0.717, 1.165) is 25.7 Å². The quantitative estimate of drug-likeness (QED) is 0.340. The molecule has 9 heteroatoms. The van der Waals surface area contributed by atoms with Crippen molar-refractivity contribution >= 4 is 23.7 Å². The zero-order valence-electron chi connectivity index (χ0n) is 24.9. The van der Waals surface area contributed by atoms with Gasteiger partial charge in [-0.3, -0.25) is 9.80 Å². The van der Waals surface area contributed by atoms with Gasteiger partial charge in [-0.15, -0.1) is 0 Å². The van der Waals surface area contributed by atoms with E-state index in [2.05, 4.69) is 43.3 Å². The smallest absolute Gasteiger partial charge is 0.411 e. The van der Waals surface area contributed by atoms with Crippen molar-refractivity contribution in [3.05, 3.63) is 64.4 Å². The summed E-state index contributed by atoms with van der Waals surface area (Å²) in [6.45, 7) is 5.31. The van der Waals surface area contributed by atoms with Gasteiger partial charge >= 0.3 is 12.1 Å². The van der Waals surface area contributed by atoms with Crippen LogP contribution >= 0.6 is 11.6 Å². The summed E-state index contributed by atoms with van der Waals surface area (Å²) in [5.74, 6) is -0.691. The highest BCUT2D eigenvalue weighted by molar-refractivity contribution is 6.30. The molecule has 4 rings (SSSR count). The minimum Gasteiger partial charge on any atom is -0.485 e. The number of ether oxygens (including phenoxy) is 3. The molecule has 2 aromatic carbocycles. The standard InChI is InChI=1S/C32H42ClFN2O5/c1-31(2,3)41-30(38)36-20-25(19-26(36)29(37)39-6)40-27-18-24(33)17-22(28(27)34)16-21-12-14-32(15-13-21,35(4)5)23-10-8-7-9-11-23/h7-11,17-18,21,25-26H,12-16,19-20H2,1-6H3/t21?,25-,26-,32?/m0/s1. The zero-order valence-corrected chi connectivity index (χ0v) is 25.7. The summed E-state index contributed by atoms with van der Waals surface area (Å²) in [6.07, 6.45) is 3.33. The molecule has 41 heavy (non-hydrogen) atoms. The second kappa shape index (κ2) is 12.6. The molecule has 0 N–H and O–H groups in total. The second-order valence-electron chi connectivity index (χ2n) is 12.5. The Hall–Kier alpha value is -2.84. The second-order valence-corrected chi connectivity index (χ2v) is 12.9. The first-order chi connectivity index (χ1) is 19.3. The van der Waals surface area contributed by atoms with Gasteiger partial charge < -0.3 is 14.2 Å². The van der Waals surface area contributed by atoms with Crippen molar-refractivity contribution in [2.24, 2.45) is 5.92 Å². The van der Waals surface area contributed by atoms with E-state index in [1.807, 2.05) is 6.07 Å². The van der Waals surface area contributed by atoms with Crippen LogP contribution in [0.1, 0.15) is 64.0 Å². The lowest BCUT2D eigenvalue weighted by Gasteiger charge is -2.45. The molecule has 1 saturated heterocycles. The summed E-state index contributed by atoms with van der Waals surface area (Å²) in [4.78, 5) is 28.9. The van der Waals surface area contributed by atoms with Crippen molar-refractivity contribution in [1.82, 2.24) is 9.80 Å². The average Bonchev–Trinajstić information content (AvgIpc) is 3.35. The minimum atomic E-state index is -0.884. The number of likely N-dealkylation sites (tertiary alicyclic amines) is 1. The number of hydrogen-bond acceptors (Lipinski definition) is 6. The fourth-order valence-electron chi connectivity index (χ4n) is 6.21. The maximum absolute atomic E-state index is 15.8. The minimum absolute atomic E-state index is 0.0230. The maximum atomic E-state index is 15.8. The van der Waals surface area contributed by atoms with E-state index >= 15 is 4.39 Å². The van der Waals surface area contributed by atoms with Gasteiger partial charge in [-0.05, 0) is 90.1 Å². The predicted octanol–water partition coefficient (Wildman–Crippen LogP) is 6.60. The molecule has 1 heterocycles. The summed E-state index contributed by atoms with van der Waals surface area (Å²) >= 11 is 6.43. The van der Waals surface area contributed by atoms with Crippen LogP contribution in [-0.2, 0) is 26.2 Å². The van der Waals surface area contributed by atoms with Crippen LogP contribution in [0, 0.1) is 11.7 Å². The van der Waals surface area contributed by atoms with Crippen LogP contribution < -0.4 is 4.74 Å². The molecule has 0 aromatic heterocycles. The summed E-state index contributed by atoms with van der Waals surface area (Å²) in [5.41, 5.74) is 1.06. The molecular weight excluding hydrogens is 547 g/mol. The summed E-state index contributed by atoms with van der Waals surface area (Å²) in [7, 11) is 5.52. The molecular formula is C32H42ClFN2O5. The molecule has 0 unspecified atom stereocenters. The third-order valence-electron chi connectivity index (χ3n) is 8.35. The lowest BCUT2D eigenvalue weighted by atomic mass is 9.70. The van der Waals surface area contributed by atoms with Crippen molar-refractivity contribution < 1.29 is 28.2 Å². The third-order valence-corrected chi connectivity index (χ3v) is 8.56. The SMILES string of the molecule is COC(=O)[C@@H]1C[C@H](Oc2cc(Cl)cc(CC3CCC(c4ccccc4)(N(C)C)CC3)c2F)CN1C(=O)OC(C)(C)C. The zero-order chi connectivity index (χ0) is 29.9. The van der Waals surface area contributed by atoms with Crippen LogP contribution in [0.3, 0.4) is 0 Å². The third kappa shape index (κ3) is 7.15. The Labute approximate surface area is 247 Å². The Bertz CT molecular complexity index is 1220. The number of carbonyl (C=O) groups is 2. The van der Waals surface area contributed by atoms with Crippen LogP contribution in [0.4, 0.5) is 9.18 Å². The van der Waals surface area contributed by atoms with Crippen LogP contribution in [0.2, 0.25) is 5.02 Å². The number of esters is 1. The molecule has 0 bridgehead atoms. The van der Waals surface area contributed by atoms with E-state index in [0.29, 0.717) is 22.9 Å². The average molecular weight is 589 g/mol. The monoisotopic (exact) mass is 588 g/mol. The summed E-state index contributed by atoms with van der Waals surface area (Å²) in [6, 6.07) is 12.8. The number of carbonyl (C=O) groups excluding carboxylic acids is 2. The first-order valence-electron chi connectivity index (χ1n) is 14.3. The number of amides is 1. The molecule has 2 atom stereocenters. The molecule has 1 aliphatic heterocycles. The molecule has 1 amide bonds. The maximum Gasteiger partial charge on any atom is 0.411 e. The topological polar surface area (TPSA) is 68.3 Å². The number of methoxy groups -OCH3 is 1. The molecule has 0 spiro atoms. The van der Waals surface area contributed by atoms with Crippen LogP contribution in [0.25, 0.3) is 0 Å². The lowest BCUT2D eigenvalue weighted by Crippen LogP contribution is -2.44. The predicted molar refractivity (Wildman–Crippen MR) is 157 cm³/mol. The van der Waals surface area contributed by atoms with Gasteiger partial charge in [-0.1, -0.05) is 41.9 Å². The Kier molecular flexibility index (Phi) is 9.54. The fraction of sp³-hybridized carbons (Fsp3) is 0.562. The van der Waals surface area contributed by atoms with Gasteiger partial charge in [0.1, 0.15) is 17.7 Å². The summed E-state index contributed by atoms with van der Waals surface area (Å²) < 4.78 is 32.2. The van der Waals surface area contributed by atoms with Gasteiger partial charge in [-0.2, -0.15) is 0 Å². The normalized spacial score (nSPS) is 24.8. The molecule has 2 aromatic rings. The van der Waals surface area contributed by atoms with E-state index < -0.39 is 35.6 Å². The van der Waals surface area contributed by atoms with Gasteiger partial charge in [0.05, 0.1) is 13.7 Å². The molecule has 224 valence electrons. The Morgan fingerprint density at radius 1 is 1.12 bits per heavy atom. The number of hydrogen-bond donors (Lipinski definition) is 0. The first kappa shape index (κ1) is 31.1. The Balaban J connectivity index is 1.46. The van der Waals surface area contributed by atoms with Gasteiger partial charge in [-0.25, -0.2) is 14.0 Å².